The van der Waals surface area contributed by atoms with E-state index in [0.717, 1.165) is 25.1 Å². The summed E-state index contributed by atoms with van der Waals surface area (Å²) in [5, 5.41) is 12.9. The van der Waals surface area contributed by atoms with Crippen molar-refractivity contribution in [1.29, 1.82) is 0 Å². The molecule has 1 aliphatic rings. The first-order chi connectivity index (χ1) is 9.58. The topological polar surface area (TPSA) is 52.6 Å². The Morgan fingerprint density at radius 3 is 2.90 bits per heavy atom. The number of nitrogens with zero attached hydrogens (tertiary/aromatic N) is 1. The molecule has 0 aromatic heterocycles. The number of rotatable bonds is 4. The second-order valence-electron chi connectivity index (χ2n) is 5.66. The molecule has 1 aromatic carbocycles. The second-order valence-corrected chi connectivity index (χ2v) is 5.66. The quantitative estimate of drug-likeness (QED) is 0.887. The van der Waals surface area contributed by atoms with Gasteiger partial charge < -0.3 is 15.3 Å². The monoisotopic (exact) mass is 276 g/mol. The first-order valence-electron chi connectivity index (χ1n) is 7.36. The molecule has 0 bridgehead atoms. The zero-order valence-corrected chi connectivity index (χ0v) is 12.4. The lowest BCUT2D eigenvalue weighted by Crippen LogP contribution is -2.38. The van der Waals surface area contributed by atoms with Crippen LogP contribution in [0.1, 0.15) is 41.6 Å². The normalized spacial score (nSPS) is 18.8. The van der Waals surface area contributed by atoms with Crippen molar-refractivity contribution in [1.82, 2.24) is 10.2 Å². The van der Waals surface area contributed by atoms with E-state index in [4.69, 9.17) is 0 Å². The molecule has 1 atom stereocenters. The number of piperidine rings is 1. The standard InChI is InChI=1S/C16H24N2O2/c1-12-11-14(19)6-7-15(12)16(20)18(2)10-8-13-5-3-4-9-17-13/h6-7,11,13,17,19H,3-5,8-10H2,1-2H3. The number of nitrogens with one attached hydrogen (secondary N) is 1. The van der Waals surface area contributed by atoms with Crippen LogP contribution in [0.4, 0.5) is 0 Å². The molecule has 0 spiro atoms. The van der Waals surface area contributed by atoms with Crippen LogP contribution in [0.3, 0.4) is 0 Å². The molecule has 4 heteroatoms. The van der Waals surface area contributed by atoms with Crippen LogP contribution in [0.25, 0.3) is 0 Å². The van der Waals surface area contributed by atoms with Crippen molar-refractivity contribution in [3.8, 4) is 5.75 Å². The number of amides is 1. The number of benzene rings is 1. The minimum absolute atomic E-state index is 0.0262. The molecule has 1 saturated heterocycles. The van der Waals surface area contributed by atoms with Gasteiger partial charge >= 0.3 is 0 Å². The van der Waals surface area contributed by atoms with Gasteiger partial charge in [-0.05, 0) is 56.5 Å². The van der Waals surface area contributed by atoms with E-state index in [0.29, 0.717) is 11.6 Å². The van der Waals surface area contributed by atoms with Crippen LogP contribution in [-0.2, 0) is 0 Å². The third kappa shape index (κ3) is 3.73. The molecule has 4 nitrogen and oxygen atoms in total. The molecule has 2 N–H and O–H groups in total. The Labute approximate surface area is 120 Å². The summed E-state index contributed by atoms with van der Waals surface area (Å²) in [5.74, 6) is 0.228. The van der Waals surface area contributed by atoms with Gasteiger partial charge in [-0.1, -0.05) is 6.42 Å². The smallest absolute Gasteiger partial charge is 0.253 e. The van der Waals surface area contributed by atoms with Crippen LogP contribution >= 0.6 is 0 Å². The summed E-state index contributed by atoms with van der Waals surface area (Å²) < 4.78 is 0. The Morgan fingerprint density at radius 2 is 2.25 bits per heavy atom. The van der Waals surface area contributed by atoms with Gasteiger partial charge in [0.05, 0.1) is 0 Å². The minimum Gasteiger partial charge on any atom is -0.508 e. The fraction of sp³-hybridized carbons (Fsp3) is 0.562. The number of hydrogen-bond acceptors (Lipinski definition) is 3. The molecule has 1 aromatic rings. The number of phenols is 1. The van der Waals surface area contributed by atoms with E-state index in [1.165, 1.54) is 19.3 Å². The van der Waals surface area contributed by atoms with Crippen LogP contribution in [0.15, 0.2) is 18.2 Å². The van der Waals surface area contributed by atoms with Crippen LogP contribution in [-0.4, -0.2) is 42.1 Å². The Bertz CT molecular complexity index is 468. The molecule has 1 heterocycles. The van der Waals surface area contributed by atoms with E-state index in [1.807, 2.05) is 14.0 Å². The highest BCUT2D eigenvalue weighted by atomic mass is 16.3. The van der Waals surface area contributed by atoms with E-state index in [1.54, 1.807) is 23.1 Å². The number of carbonyl (C=O) groups excluding carboxylic acids is 1. The maximum Gasteiger partial charge on any atom is 0.253 e. The van der Waals surface area contributed by atoms with Gasteiger partial charge in [-0.25, -0.2) is 0 Å². The van der Waals surface area contributed by atoms with Crippen molar-refractivity contribution in [2.24, 2.45) is 0 Å². The molecule has 1 amide bonds. The summed E-state index contributed by atoms with van der Waals surface area (Å²) in [6.45, 7) is 3.71. The molecule has 0 aliphatic carbocycles. The lowest BCUT2D eigenvalue weighted by molar-refractivity contribution is 0.0787. The van der Waals surface area contributed by atoms with Crippen LogP contribution < -0.4 is 5.32 Å². The average Bonchev–Trinajstić information content (AvgIpc) is 2.45. The van der Waals surface area contributed by atoms with E-state index < -0.39 is 0 Å². The fourth-order valence-corrected chi connectivity index (χ4v) is 2.71. The van der Waals surface area contributed by atoms with Gasteiger partial charge in [-0.3, -0.25) is 4.79 Å². The number of carbonyl (C=O) groups is 1. The van der Waals surface area contributed by atoms with Gasteiger partial charge in [-0.2, -0.15) is 0 Å². The Hall–Kier alpha value is -1.55. The SMILES string of the molecule is Cc1cc(O)ccc1C(=O)N(C)CCC1CCCCN1. The van der Waals surface area contributed by atoms with Gasteiger partial charge in [-0.15, -0.1) is 0 Å². The van der Waals surface area contributed by atoms with Crippen LogP contribution in [0.2, 0.25) is 0 Å². The lowest BCUT2D eigenvalue weighted by atomic mass is 10.0. The van der Waals surface area contributed by atoms with Crippen molar-refractivity contribution < 1.29 is 9.90 Å². The maximum atomic E-state index is 12.4. The summed E-state index contributed by atoms with van der Waals surface area (Å²) in [5.41, 5.74) is 1.49. The van der Waals surface area contributed by atoms with Crippen LogP contribution in [0, 0.1) is 6.92 Å². The average molecular weight is 276 g/mol. The summed E-state index contributed by atoms with van der Waals surface area (Å²) in [6.07, 6.45) is 4.75. The number of aromatic hydroxyl groups is 1. The van der Waals surface area contributed by atoms with Gasteiger partial charge in [0, 0.05) is 25.2 Å². The third-order valence-electron chi connectivity index (χ3n) is 4.01. The highest BCUT2D eigenvalue weighted by Crippen LogP contribution is 2.17. The molecule has 20 heavy (non-hydrogen) atoms. The third-order valence-corrected chi connectivity index (χ3v) is 4.01. The predicted octanol–water partition coefficient (Wildman–Crippen LogP) is 2.30. The summed E-state index contributed by atoms with van der Waals surface area (Å²) in [7, 11) is 1.84. The van der Waals surface area contributed by atoms with Crippen molar-refractivity contribution >= 4 is 5.91 Å². The van der Waals surface area contributed by atoms with Crippen molar-refractivity contribution in [2.75, 3.05) is 20.1 Å². The molecule has 1 aliphatic heterocycles. The number of aryl methyl sites for hydroxylation is 1. The van der Waals surface area contributed by atoms with E-state index in [2.05, 4.69) is 5.32 Å². The van der Waals surface area contributed by atoms with E-state index in [9.17, 15) is 9.90 Å². The van der Waals surface area contributed by atoms with Crippen LogP contribution in [0.5, 0.6) is 5.75 Å². The zero-order valence-electron chi connectivity index (χ0n) is 12.4. The van der Waals surface area contributed by atoms with Crippen molar-refractivity contribution in [3.63, 3.8) is 0 Å². The Balaban J connectivity index is 1.90. The zero-order chi connectivity index (χ0) is 14.5. The van der Waals surface area contributed by atoms with Gasteiger partial charge in [0.25, 0.3) is 5.91 Å². The molecule has 2 rings (SSSR count). The first kappa shape index (κ1) is 14.9. The number of phenolic OH excluding ortho intramolecular Hbond substituents is 1. The predicted molar refractivity (Wildman–Crippen MR) is 80.1 cm³/mol. The van der Waals surface area contributed by atoms with E-state index in [-0.39, 0.29) is 11.7 Å². The fourth-order valence-electron chi connectivity index (χ4n) is 2.71. The Kier molecular flexibility index (Phi) is 5.01. The summed E-state index contributed by atoms with van der Waals surface area (Å²) >= 11 is 0. The molecule has 110 valence electrons. The van der Waals surface area contributed by atoms with Gasteiger partial charge in [0.15, 0.2) is 0 Å². The van der Waals surface area contributed by atoms with Gasteiger partial charge in [0.2, 0.25) is 0 Å². The second kappa shape index (κ2) is 6.75. The van der Waals surface area contributed by atoms with E-state index >= 15 is 0 Å². The Morgan fingerprint density at radius 1 is 1.45 bits per heavy atom. The molecular weight excluding hydrogens is 252 g/mol. The highest BCUT2D eigenvalue weighted by Gasteiger charge is 2.17. The first-order valence-corrected chi connectivity index (χ1v) is 7.36. The van der Waals surface area contributed by atoms with Crippen molar-refractivity contribution in [3.05, 3.63) is 29.3 Å². The maximum absolute atomic E-state index is 12.4. The van der Waals surface area contributed by atoms with Gasteiger partial charge in [0.1, 0.15) is 5.75 Å². The molecule has 0 radical (unpaired) electrons. The largest absolute Gasteiger partial charge is 0.508 e. The molecule has 1 fully saturated rings. The molecular formula is C16H24N2O2. The highest BCUT2D eigenvalue weighted by molar-refractivity contribution is 5.95. The summed E-state index contributed by atoms with van der Waals surface area (Å²) in [6, 6.07) is 5.43. The lowest BCUT2D eigenvalue weighted by Gasteiger charge is -2.26. The minimum atomic E-state index is 0.0262. The van der Waals surface area contributed by atoms with Crippen molar-refractivity contribution in [2.45, 2.75) is 38.6 Å². The summed E-state index contributed by atoms with van der Waals surface area (Å²) in [4.78, 5) is 14.1. The molecule has 0 saturated carbocycles. The number of hydrogen-bond donors (Lipinski definition) is 2. The molecule has 1 unspecified atom stereocenters.